The molecular formula is C8H12N2O3S. The highest BCUT2D eigenvalue weighted by molar-refractivity contribution is 7.99. The maximum Gasteiger partial charge on any atom is 0.264 e. The monoisotopic (exact) mass is 216 g/mol. The molecule has 5 nitrogen and oxygen atoms in total. The number of rotatable bonds is 1. The Labute approximate surface area is 86.1 Å². The maximum absolute atomic E-state index is 11.6. The Morgan fingerprint density at radius 2 is 2.14 bits per heavy atom. The number of aliphatic hydroxyl groups is 1. The lowest BCUT2D eigenvalue weighted by Crippen LogP contribution is -2.54. The highest BCUT2D eigenvalue weighted by Gasteiger charge is 2.35. The lowest BCUT2D eigenvalue weighted by Gasteiger charge is -2.32. The predicted octanol–water partition coefficient (Wildman–Crippen LogP) is 0.0532. The fraction of sp³-hybridized carbons (Fsp3) is 0.500. The molecule has 1 aliphatic rings. The Bertz CT molecular complexity index is 310. The molecule has 1 fully saturated rings. The molecule has 2 N–H and O–H groups in total. The van der Waals surface area contributed by atoms with Crippen molar-refractivity contribution in [1.82, 2.24) is 10.2 Å². The number of carbonyl (C=O) groups is 2. The largest absolute Gasteiger partial charge is 0.512 e. The molecule has 0 saturated carbocycles. The molecule has 0 aromatic carbocycles. The maximum atomic E-state index is 11.6. The second-order valence-corrected chi connectivity index (χ2v) is 3.86. The van der Waals surface area contributed by atoms with Gasteiger partial charge in [-0.15, -0.1) is 11.8 Å². The van der Waals surface area contributed by atoms with Crippen LogP contribution in [0.25, 0.3) is 0 Å². The molecule has 1 rings (SSSR count). The first-order valence-corrected chi connectivity index (χ1v) is 5.28. The molecule has 6 heteroatoms. The number of hydrogen-bond donors (Lipinski definition) is 2. The van der Waals surface area contributed by atoms with Crippen molar-refractivity contribution in [3.63, 3.8) is 0 Å². The first-order valence-electron chi connectivity index (χ1n) is 3.99. The highest BCUT2D eigenvalue weighted by atomic mass is 32.2. The van der Waals surface area contributed by atoms with Gasteiger partial charge in [0.2, 0.25) is 0 Å². The molecule has 1 atom stereocenters. The first-order chi connectivity index (χ1) is 6.49. The molecule has 0 aromatic heterocycles. The highest BCUT2D eigenvalue weighted by Crippen LogP contribution is 2.18. The van der Waals surface area contributed by atoms with E-state index in [0.29, 0.717) is 0 Å². The summed E-state index contributed by atoms with van der Waals surface area (Å²) in [5, 5.41) is 11.7. The van der Waals surface area contributed by atoms with E-state index in [-0.39, 0.29) is 16.8 Å². The number of nitrogens with one attached hydrogen (secondary N) is 1. The van der Waals surface area contributed by atoms with E-state index in [1.165, 1.54) is 23.6 Å². The van der Waals surface area contributed by atoms with E-state index in [4.69, 9.17) is 5.11 Å². The first kappa shape index (κ1) is 10.9. The van der Waals surface area contributed by atoms with Crippen LogP contribution in [0.5, 0.6) is 0 Å². The van der Waals surface area contributed by atoms with Gasteiger partial charge >= 0.3 is 0 Å². The van der Waals surface area contributed by atoms with Crippen LogP contribution in [0, 0.1) is 0 Å². The SMILES string of the molecule is CSC1NC(=O)/C(=C(/C)O)C(=O)N1C. The van der Waals surface area contributed by atoms with Crippen LogP contribution in [0.3, 0.4) is 0 Å². The normalized spacial score (nSPS) is 26.2. The summed E-state index contributed by atoms with van der Waals surface area (Å²) in [7, 11) is 1.58. The minimum Gasteiger partial charge on any atom is -0.512 e. The summed E-state index contributed by atoms with van der Waals surface area (Å²) in [6.45, 7) is 1.32. The second-order valence-electron chi connectivity index (χ2n) is 2.94. The number of thioether (sulfide) groups is 1. The Hall–Kier alpha value is -1.17. The molecule has 1 saturated heterocycles. The quantitative estimate of drug-likeness (QED) is 0.369. The molecule has 1 aliphatic heterocycles. The van der Waals surface area contributed by atoms with Crippen LogP contribution in [-0.2, 0) is 9.59 Å². The number of carbonyl (C=O) groups excluding carboxylic acids is 2. The van der Waals surface area contributed by atoms with Crippen molar-refractivity contribution in [3.05, 3.63) is 11.3 Å². The van der Waals surface area contributed by atoms with Crippen molar-refractivity contribution < 1.29 is 14.7 Å². The van der Waals surface area contributed by atoms with Gasteiger partial charge in [-0.05, 0) is 13.2 Å². The van der Waals surface area contributed by atoms with Gasteiger partial charge in [-0.25, -0.2) is 0 Å². The smallest absolute Gasteiger partial charge is 0.264 e. The number of aliphatic hydroxyl groups excluding tert-OH is 1. The summed E-state index contributed by atoms with van der Waals surface area (Å²) >= 11 is 1.34. The fourth-order valence-corrected chi connectivity index (χ4v) is 1.83. The van der Waals surface area contributed by atoms with E-state index in [9.17, 15) is 9.59 Å². The minimum atomic E-state index is -0.521. The van der Waals surface area contributed by atoms with Crippen molar-refractivity contribution in [2.75, 3.05) is 13.3 Å². The van der Waals surface area contributed by atoms with Gasteiger partial charge in [-0.2, -0.15) is 0 Å². The second kappa shape index (κ2) is 3.91. The molecule has 0 aromatic rings. The molecule has 0 bridgehead atoms. The Morgan fingerprint density at radius 1 is 1.57 bits per heavy atom. The lowest BCUT2D eigenvalue weighted by molar-refractivity contribution is -0.135. The lowest BCUT2D eigenvalue weighted by atomic mass is 10.1. The van der Waals surface area contributed by atoms with Gasteiger partial charge < -0.3 is 15.3 Å². The van der Waals surface area contributed by atoms with E-state index in [1.54, 1.807) is 13.3 Å². The van der Waals surface area contributed by atoms with Gasteiger partial charge in [0.15, 0.2) is 5.50 Å². The Balaban J connectivity index is 3.03. The summed E-state index contributed by atoms with van der Waals surface area (Å²) in [5.74, 6) is -1.22. The molecule has 0 spiro atoms. The fourth-order valence-electron chi connectivity index (χ4n) is 1.20. The van der Waals surface area contributed by atoms with Crippen LogP contribution in [0.15, 0.2) is 11.3 Å². The molecule has 78 valence electrons. The third-order valence-electron chi connectivity index (χ3n) is 1.95. The van der Waals surface area contributed by atoms with E-state index in [1.807, 2.05) is 0 Å². The van der Waals surface area contributed by atoms with Crippen LogP contribution in [0.2, 0.25) is 0 Å². The number of allylic oxidation sites excluding steroid dienone is 1. The van der Waals surface area contributed by atoms with Crippen LogP contribution in [0.4, 0.5) is 0 Å². The number of likely N-dealkylation sites (N-methyl/N-ethyl adjacent to an activating group) is 1. The van der Waals surface area contributed by atoms with Crippen LogP contribution >= 0.6 is 11.8 Å². The van der Waals surface area contributed by atoms with Gasteiger partial charge in [-0.1, -0.05) is 0 Å². The minimum absolute atomic E-state index is 0.183. The van der Waals surface area contributed by atoms with Crippen LogP contribution in [-0.4, -0.2) is 40.6 Å². The van der Waals surface area contributed by atoms with Crippen molar-refractivity contribution in [2.24, 2.45) is 0 Å². The Kier molecular flexibility index (Phi) is 3.05. The molecule has 14 heavy (non-hydrogen) atoms. The van der Waals surface area contributed by atoms with Crippen LogP contribution in [0.1, 0.15) is 6.92 Å². The summed E-state index contributed by atoms with van der Waals surface area (Å²) in [5.41, 5.74) is -0.545. The zero-order valence-corrected chi connectivity index (χ0v) is 9.01. The summed E-state index contributed by atoms with van der Waals surface area (Å²) in [4.78, 5) is 24.3. The predicted molar refractivity (Wildman–Crippen MR) is 53.5 cm³/mol. The number of nitrogens with zero attached hydrogens (tertiary/aromatic N) is 1. The Morgan fingerprint density at radius 3 is 2.57 bits per heavy atom. The summed E-state index contributed by atoms with van der Waals surface area (Å²) in [6, 6.07) is 0. The topological polar surface area (TPSA) is 69.6 Å². The van der Waals surface area contributed by atoms with Crippen LogP contribution < -0.4 is 5.32 Å². The standard InChI is InChI=1S/C8H12N2O3S/c1-4(11)5-6(12)9-8(14-3)10(2)7(5)13/h8,11H,1-3H3,(H,9,12)/b5-4+. The molecular weight excluding hydrogens is 204 g/mol. The number of amides is 2. The molecule has 0 radical (unpaired) electrons. The molecule has 2 amide bonds. The van der Waals surface area contributed by atoms with E-state index in [0.717, 1.165) is 0 Å². The molecule has 0 aliphatic carbocycles. The van der Waals surface area contributed by atoms with Gasteiger partial charge in [-0.3, -0.25) is 9.59 Å². The van der Waals surface area contributed by atoms with E-state index in [2.05, 4.69) is 5.32 Å². The van der Waals surface area contributed by atoms with Crippen molar-refractivity contribution in [3.8, 4) is 0 Å². The molecule has 1 heterocycles. The summed E-state index contributed by atoms with van der Waals surface area (Å²) in [6.07, 6.45) is 1.79. The zero-order valence-electron chi connectivity index (χ0n) is 8.20. The van der Waals surface area contributed by atoms with Gasteiger partial charge in [0, 0.05) is 7.05 Å². The number of hydrogen-bond acceptors (Lipinski definition) is 4. The van der Waals surface area contributed by atoms with Crippen molar-refractivity contribution in [1.29, 1.82) is 0 Å². The average Bonchev–Trinajstić information content (AvgIpc) is 2.10. The van der Waals surface area contributed by atoms with E-state index >= 15 is 0 Å². The average molecular weight is 216 g/mol. The van der Waals surface area contributed by atoms with Crippen molar-refractivity contribution >= 4 is 23.6 Å². The summed E-state index contributed by atoms with van der Waals surface area (Å²) < 4.78 is 0. The van der Waals surface area contributed by atoms with Crippen molar-refractivity contribution in [2.45, 2.75) is 12.4 Å². The third kappa shape index (κ3) is 1.70. The van der Waals surface area contributed by atoms with E-state index < -0.39 is 11.8 Å². The van der Waals surface area contributed by atoms with Gasteiger partial charge in [0.25, 0.3) is 11.8 Å². The van der Waals surface area contributed by atoms with Gasteiger partial charge in [0.1, 0.15) is 11.3 Å². The zero-order chi connectivity index (χ0) is 10.9. The van der Waals surface area contributed by atoms with Gasteiger partial charge in [0.05, 0.1) is 0 Å². The molecule has 1 unspecified atom stereocenters. The third-order valence-corrected chi connectivity index (χ3v) is 2.83.